The number of hydrogen-bond acceptors (Lipinski definition) is 2. The van der Waals surface area contributed by atoms with Gasteiger partial charge in [-0.1, -0.05) is 35.9 Å². The normalized spacial score (nSPS) is 10.6. The first-order valence-electron chi connectivity index (χ1n) is 7.37. The molecule has 122 valence electrons. The molecule has 1 N–H and O–H groups in total. The molecule has 0 saturated carbocycles. The van der Waals surface area contributed by atoms with Gasteiger partial charge in [-0.05, 0) is 36.2 Å². The summed E-state index contributed by atoms with van der Waals surface area (Å²) in [5, 5.41) is 7.58. The van der Waals surface area contributed by atoms with Crippen LogP contribution in [0.5, 0.6) is 0 Å². The van der Waals surface area contributed by atoms with Gasteiger partial charge in [0.15, 0.2) is 0 Å². The predicted molar refractivity (Wildman–Crippen MR) is 91.9 cm³/mol. The van der Waals surface area contributed by atoms with E-state index in [9.17, 15) is 9.18 Å². The van der Waals surface area contributed by atoms with Crippen LogP contribution >= 0.6 is 11.6 Å². The molecule has 1 amide bonds. The van der Waals surface area contributed by atoms with Gasteiger partial charge >= 0.3 is 0 Å². The van der Waals surface area contributed by atoms with Crippen molar-refractivity contribution in [2.24, 2.45) is 0 Å². The van der Waals surface area contributed by atoms with Crippen molar-refractivity contribution in [2.45, 2.75) is 13.5 Å². The van der Waals surface area contributed by atoms with E-state index in [4.69, 9.17) is 11.6 Å². The number of aryl methyl sites for hydroxylation is 1. The van der Waals surface area contributed by atoms with Crippen molar-refractivity contribution in [1.82, 2.24) is 9.78 Å². The van der Waals surface area contributed by atoms with Gasteiger partial charge in [0.2, 0.25) is 0 Å². The van der Waals surface area contributed by atoms with E-state index in [1.807, 2.05) is 18.2 Å². The average Bonchev–Trinajstić information content (AvgIpc) is 2.99. The molecule has 0 unspecified atom stereocenters. The fourth-order valence-corrected chi connectivity index (χ4v) is 2.47. The molecule has 0 radical (unpaired) electrons. The van der Waals surface area contributed by atoms with Crippen LogP contribution in [0.4, 0.5) is 10.2 Å². The largest absolute Gasteiger partial charge is 0.307 e. The van der Waals surface area contributed by atoms with Gasteiger partial charge in [-0.15, -0.1) is 0 Å². The van der Waals surface area contributed by atoms with E-state index in [0.717, 1.165) is 5.56 Å². The van der Waals surface area contributed by atoms with Crippen LogP contribution in [0.3, 0.4) is 0 Å². The zero-order valence-corrected chi connectivity index (χ0v) is 13.7. The standard InChI is InChI=1S/C18H15ClFN3O/c1-12-6-7-13(10-16(12)20)18(24)22-17-8-9-21-23(17)11-14-4-2-3-5-15(14)19/h2-10H,11H2,1H3,(H,22,24). The zero-order valence-electron chi connectivity index (χ0n) is 13.0. The van der Waals surface area contributed by atoms with Crippen LogP contribution in [0.1, 0.15) is 21.5 Å². The molecule has 0 bridgehead atoms. The molecule has 24 heavy (non-hydrogen) atoms. The maximum atomic E-state index is 13.6. The molecule has 1 aromatic heterocycles. The SMILES string of the molecule is Cc1ccc(C(=O)Nc2ccnn2Cc2ccccc2Cl)cc1F. The van der Waals surface area contributed by atoms with Crippen molar-refractivity contribution in [2.75, 3.05) is 5.32 Å². The predicted octanol–water partition coefficient (Wildman–Crippen LogP) is 4.28. The van der Waals surface area contributed by atoms with Crippen LogP contribution in [0, 0.1) is 12.7 Å². The summed E-state index contributed by atoms with van der Waals surface area (Å²) in [6.07, 6.45) is 1.59. The Bertz CT molecular complexity index is 891. The lowest BCUT2D eigenvalue weighted by Gasteiger charge is -2.10. The van der Waals surface area contributed by atoms with Gasteiger partial charge in [-0.2, -0.15) is 5.10 Å². The summed E-state index contributed by atoms with van der Waals surface area (Å²) < 4.78 is 15.2. The molecule has 2 aromatic carbocycles. The highest BCUT2D eigenvalue weighted by molar-refractivity contribution is 6.31. The molecule has 0 aliphatic heterocycles. The molecule has 6 heteroatoms. The molecule has 0 aliphatic rings. The number of benzene rings is 2. The topological polar surface area (TPSA) is 46.9 Å². The van der Waals surface area contributed by atoms with Crippen LogP contribution < -0.4 is 5.32 Å². The Morgan fingerprint density at radius 2 is 2.04 bits per heavy atom. The summed E-state index contributed by atoms with van der Waals surface area (Å²) >= 11 is 6.16. The molecule has 0 spiro atoms. The van der Waals surface area contributed by atoms with Crippen molar-refractivity contribution >= 4 is 23.3 Å². The Morgan fingerprint density at radius 1 is 1.25 bits per heavy atom. The second-order valence-corrected chi connectivity index (χ2v) is 5.79. The maximum absolute atomic E-state index is 13.6. The van der Waals surface area contributed by atoms with Gasteiger partial charge < -0.3 is 5.32 Å². The third kappa shape index (κ3) is 3.46. The molecule has 0 saturated heterocycles. The van der Waals surface area contributed by atoms with Gasteiger partial charge in [-0.3, -0.25) is 4.79 Å². The lowest BCUT2D eigenvalue weighted by molar-refractivity contribution is 0.102. The Kier molecular flexibility index (Phi) is 4.62. The molecular weight excluding hydrogens is 329 g/mol. The Labute approximate surface area is 143 Å². The number of rotatable bonds is 4. The number of nitrogens with one attached hydrogen (secondary N) is 1. The fraction of sp³-hybridized carbons (Fsp3) is 0.111. The smallest absolute Gasteiger partial charge is 0.256 e. The van der Waals surface area contributed by atoms with Gasteiger partial charge in [0.05, 0.1) is 12.7 Å². The number of anilines is 1. The van der Waals surface area contributed by atoms with E-state index >= 15 is 0 Å². The highest BCUT2D eigenvalue weighted by Gasteiger charge is 2.12. The summed E-state index contributed by atoms with van der Waals surface area (Å²) in [4.78, 5) is 12.3. The molecule has 0 atom stereocenters. The van der Waals surface area contributed by atoms with Gasteiger partial charge in [0, 0.05) is 16.7 Å². The first-order chi connectivity index (χ1) is 11.5. The molecule has 0 aliphatic carbocycles. The summed E-state index contributed by atoms with van der Waals surface area (Å²) in [6, 6.07) is 13.5. The van der Waals surface area contributed by atoms with E-state index in [-0.39, 0.29) is 5.56 Å². The van der Waals surface area contributed by atoms with Crippen LogP contribution in [-0.2, 0) is 6.54 Å². The molecule has 1 heterocycles. The van der Waals surface area contributed by atoms with Crippen LogP contribution in [0.2, 0.25) is 5.02 Å². The average molecular weight is 344 g/mol. The highest BCUT2D eigenvalue weighted by Crippen LogP contribution is 2.19. The van der Waals surface area contributed by atoms with Crippen LogP contribution in [0.15, 0.2) is 54.7 Å². The van der Waals surface area contributed by atoms with E-state index in [2.05, 4.69) is 10.4 Å². The Morgan fingerprint density at radius 3 is 2.79 bits per heavy atom. The molecule has 3 aromatic rings. The summed E-state index contributed by atoms with van der Waals surface area (Å²) in [5.41, 5.74) is 1.64. The monoisotopic (exact) mass is 343 g/mol. The molecule has 4 nitrogen and oxygen atoms in total. The number of hydrogen-bond donors (Lipinski definition) is 1. The fourth-order valence-electron chi connectivity index (χ4n) is 2.28. The lowest BCUT2D eigenvalue weighted by atomic mass is 10.1. The van der Waals surface area contributed by atoms with Crippen LogP contribution in [-0.4, -0.2) is 15.7 Å². The van der Waals surface area contributed by atoms with Gasteiger partial charge in [0.1, 0.15) is 11.6 Å². The van der Waals surface area contributed by atoms with Gasteiger partial charge in [0.25, 0.3) is 5.91 Å². The first-order valence-corrected chi connectivity index (χ1v) is 7.75. The summed E-state index contributed by atoms with van der Waals surface area (Å²) in [5.74, 6) is -0.289. The minimum Gasteiger partial charge on any atom is -0.307 e. The van der Waals surface area contributed by atoms with E-state index in [1.165, 1.54) is 6.07 Å². The van der Waals surface area contributed by atoms with E-state index in [1.54, 1.807) is 42.1 Å². The summed E-state index contributed by atoms with van der Waals surface area (Å²) in [7, 11) is 0. The quantitative estimate of drug-likeness (QED) is 0.768. The van der Waals surface area contributed by atoms with E-state index in [0.29, 0.717) is 22.9 Å². The number of halogens is 2. The Hall–Kier alpha value is -2.66. The van der Waals surface area contributed by atoms with Gasteiger partial charge in [-0.25, -0.2) is 9.07 Å². The van der Waals surface area contributed by atoms with Crippen molar-refractivity contribution < 1.29 is 9.18 Å². The lowest BCUT2D eigenvalue weighted by Crippen LogP contribution is -2.16. The number of nitrogens with zero attached hydrogens (tertiary/aromatic N) is 2. The second kappa shape index (κ2) is 6.84. The third-order valence-corrected chi connectivity index (χ3v) is 4.04. The van der Waals surface area contributed by atoms with Crippen molar-refractivity contribution in [3.63, 3.8) is 0 Å². The zero-order chi connectivity index (χ0) is 17.1. The molecule has 0 fully saturated rings. The van der Waals surface area contributed by atoms with E-state index < -0.39 is 11.7 Å². The summed E-state index contributed by atoms with van der Waals surface area (Å²) in [6.45, 7) is 2.07. The third-order valence-electron chi connectivity index (χ3n) is 3.67. The number of aromatic nitrogens is 2. The molecule has 3 rings (SSSR count). The number of carbonyl (C=O) groups is 1. The number of carbonyl (C=O) groups excluding carboxylic acids is 1. The van der Waals surface area contributed by atoms with Crippen molar-refractivity contribution in [3.05, 3.63) is 82.3 Å². The van der Waals surface area contributed by atoms with Crippen molar-refractivity contribution in [3.8, 4) is 0 Å². The minimum absolute atomic E-state index is 0.253. The Balaban J connectivity index is 1.79. The molecular formula is C18H15ClFN3O. The highest BCUT2D eigenvalue weighted by atomic mass is 35.5. The maximum Gasteiger partial charge on any atom is 0.256 e. The first kappa shape index (κ1) is 16.2. The van der Waals surface area contributed by atoms with Crippen molar-refractivity contribution in [1.29, 1.82) is 0 Å². The van der Waals surface area contributed by atoms with Crippen LogP contribution in [0.25, 0.3) is 0 Å². The second-order valence-electron chi connectivity index (χ2n) is 5.38. The number of amides is 1. The minimum atomic E-state index is -0.410.